The highest BCUT2D eigenvalue weighted by molar-refractivity contribution is 5.88. The third-order valence-corrected chi connectivity index (χ3v) is 8.51. The van der Waals surface area contributed by atoms with E-state index < -0.39 is 0 Å². The summed E-state index contributed by atoms with van der Waals surface area (Å²) >= 11 is 0. The first-order valence-corrected chi connectivity index (χ1v) is 18.0. The quantitative estimate of drug-likeness (QED) is 0.0916. The van der Waals surface area contributed by atoms with E-state index in [4.69, 9.17) is 14.9 Å². The number of rotatable bonds is 16. The highest BCUT2D eigenvalue weighted by Crippen LogP contribution is 2.25. The van der Waals surface area contributed by atoms with E-state index in [1.54, 1.807) is 0 Å². The maximum absolute atomic E-state index is 11.8. The number of hydrogen-bond acceptors (Lipinski definition) is 4. The van der Waals surface area contributed by atoms with Crippen LogP contribution in [0, 0.1) is 0 Å². The lowest BCUT2D eigenvalue weighted by Crippen LogP contribution is -2.08. The first kappa shape index (κ1) is 42.3. The third kappa shape index (κ3) is 15.9. The van der Waals surface area contributed by atoms with Crippen molar-refractivity contribution < 1.29 is 19.7 Å². The van der Waals surface area contributed by atoms with Crippen LogP contribution >= 0.6 is 0 Å². The summed E-state index contributed by atoms with van der Waals surface area (Å²) in [6.45, 7) is 15.3. The molecule has 3 aromatic carbocycles. The Morgan fingerprint density at radius 2 is 0.875 bits per heavy atom. The van der Waals surface area contributed by atoms with Gasteiger partial charge in [0.2, 0.25) is 0 Å². The second kappa shape index (κ2) is 26.3. The topological polar surface area (TPSA) is 66.8 Å². The van der Waals surface area contributed by atoms with Crippen molar-refractivity contribution in [1.82, 2.24) is 0 Å². The fraction of sp³-hybridized carbons (Fsp3) is 0.432. The molecule has 4 nitrogen and oxygen atoms in total. The van der Waals surface area contributed by atoms with Crippen LogP contribution in [-0.2, 0) is 9.53 Å². The van der Waals surface area contributed by atoms with Gasteiger partial charge in [0, 0.05) is 23.3 Å². The average molecular weight is 655 g/mol. The lowest BCUT2D eigenvalue weighted by atomic mass is 9.93. The normalized spacial score (nSPS) is 13.6. The lowest BCUT2D eigenvalue weighted by molar-refractivity contribution is -0.138. The molecule has 48 heavy (non-hydrogen) atoms. The van der Waals surface area contributed by atoms with Gasteiger partial charge < -0.3 is 14.9 Å². The maximum Gasteiger partial charge on any atom is 0.333 e. The number of ether oxygens (including phenoxy) is 1. The number of aliphatic hydroxyl groups excluding tert-OH is 2. The van der Waals surface area contributed by atoms with Crippen LogP contribution in [0.3, 0.4) is 0 Å². The number of hydrogen-bond donors (Lipinski definition) is 2. The molecule has 0 radical (unpaired) electrons. The van der Waals surface area contributed by atoms with Crippen molar-refractivity contribution in [1.29, 1.82) is 0 Å². The van der Waals surface area contributed by atoms with Crippen LogP contribution in [0.5, 0.6) is 0 Å². The number of carbonyl (C=O) groups excluding carboxylic acids is 1. The average Bonchev–Trinajstić information content (AvgIpc) is 3.15. The summed E-state index contributed by atoms with van der Waals surface area (Å²) < 4.78 is 5.07. The highest BCUT2D eigenvalue weighted by atomic mass is 16.5. The largest absolute Gasteiger partial charge is 0.463 e. The predicted octanol–water partition coefficient (Wildman–Crippen LogP) is 11.1. The number of benzene rings is 3. The molecule has 0 fully saturated rings. The Morgan fingerprint density at radius 1 is 0.542 bits per heavy atom. The number of allylic oxidation sites excluding steroid dienone is 3. The summed E-state index contributed by atoms with van der Waals surface area (Å²) in [6.07, 6.45) is 12.2. The molecule has 0 bridgehead atoms. The Hall–Kier alpha value is -3.73. The summed E-state index contributed by atoms with van der Waals surface area (Å²) in [5.41, 5.74) is 6.94. The van der Waals surface area contributed by atoms with Crippen LogP contribution in [0.1, 0.15) is 121 Å². The minimum Gasteiger partial charge on any atom is -0.463 e. The molecule has 0 amide bonds. The molecule has 0 aliphatic rings. The predicted molar refractivity (Wildman–Crippen MR) is 204 cm³/mol. The molecule has 2 N–H and O–H groups in total. The van der Waals surface area contributed by atoms with E-state index in [-0.39, 0.29) is 25.1 Å². The van der Waals surface area contributed by atoms with E-state index in [1.807, 2.05) is 50.3 Å². The Labute approximate surface area is 292 Å². The van der Waals surface area contributed by atoms with Gasteiger partial charge in [0.1, 0.15) is 0 Å². The minimum atomic E-state index is -0.186. The molecule has 262 valence electrons. The molecule has 0 aliphatic heterocycles. The number of aliphatic hydroxyl groups is 2. The molecule has 0 aromatic heterocycles. The third-order valence-electron chi connectivity index (χ3n) is 8.51. The molecule has 0 aliphatic carbocycles. The SMILES string of the molecule is CC/C(=C/C(CC)c1ccccc1)CO.CC/C(=C\C(CC)c1ccccc1)CO.CCOC(=O)C(=CC(CC)c1ccccc1)CC. The molecule has 3 atom stereocenters. The molecule has 3 unspecified atom stereocenters. The zero-order valence-corrected chi connectivity index (χ0v) is 30.7. The summed E-state index contributed by atoms with van der Waals surface area (Å²) in [6, 6.07) is 31.2. The minimum absolute atomic E-state index is 0.180. The van der Waals surface area contributed by atoms with Crippen LogP contribution in [0.2, 0.25) is 0 Å². The van der Waals surface area contributed by atoms with Crippen molar-refractivity contribution in [2.24, 2.45) is 0 Å². The van der Waals surface area contributed by atoms with Gasteiger partial charge in [-0.1, -0.05) is 151 Å². The Kier molecular flexibility index (Phi) is 23.1. The van der Waals surface area contributed by atoms with E-state index >= 15 is 0 Å². The van der Waals surface area contributed by atoms with Gasteiger partial charge in [0.25, 0.3) is 0 Å². The van der Waals surface area contributed by atoms with E-state index in [0.717, 1.165) is 48.8 Å². The molecule has 4 heteroatoms. The van der Waals surface area contributed by atoms with Gasteiger partial charge in [-0.15, -0.1) is 0 Å². The van der Waals surface area contributed by atoms with Crippen LogP contribution < -0.4 is 0 Å². The van der Waals surface area contributed by atoms with Crippen molar-refractivity contribution in [3.8, 4) is 0 Å². The zero-order valence-electron chi connectivity index (χ0n) is 30.7. The maximum atomic E-state index is 11.8. The monoisotopic (exact) mass is 654 g/mol. The standard InChI is InChI=1S/C16H22O2.2C14H20O/c1-4-13(15-10-8-7-9-11-15)12-14(5-2)16(17)18-6-3;2*1-3-12(11-15)10-13(4-2)14-8-6-5-7-9-14/h7-13H,4-6H2,1-3H3;2*5-10,13,15H,3-4,11H2,1-2H3/b;12-10+;12-10-. The van der Waals surface area contributed by atoms with Crippen molar-refractivity contribution >= 4 is 5.97 Å². The zero-order chi connectivity index (χ0) is 35.6. The molecule has 0 saturated heterocycles. The van der Waals surface area contributed by atoms with Crippen molar-refractivity contribution in [3.05, 3.63) is 143 Å². The molecule has 0 heterocycles. The van der Waals surface area contributed by atoms with Crippen LogP contribution in [-0.4, -0.2) is 36.0 Å². The van der Waals surface area contributed by atoms with Crippen LogP contribution in [0.15, 0.2) is 126 Å². The van der Waals surface area contributed by atoms with E-state index in [9.17, 15) is 4.79 Å². The van der Waals surface area contributed by atoms with Crippen LogP contribution in [0.4, 0.5) is 0 Å². The fourth-order valence-corrected chi connectivity index (χ4v) is 5.38. The van der Waals surface area contributed by atoms with E-state index in [1.165, 1.54) is 16.7 Å². The van der Waals surface area contributed by atoms with Crippen LogP contribution in [0.25, 0.3) is 0 Å². The van der Waals surface area contributed by atoms with Gasteiger partial charge in [0.15, 0.2) is 0 Å². The second-order valence-corrected chi connectivity index (χ2v) is 11.7. The summed E-state index contributed by atoms with van der Waals surface area (Å²) in [4.78, 5) is 11.8. The first-order valence-electron chi connectivity index (χ1n) is 18.0. The molecular formula is C44H62O4. The fourth-order valence-electron chi connectivity index (χ4n) is 5.38. The molecular weight excluding hydrogens is 592 g/mol. The molecule has 3 aromatic rings. The van der Waals surface area contributed by atoms with E-state index in [0.29, 0.717) is 24.9 Å². The van der Waals surface area contributed by atoms with Gasteiger partial charge in [-0.3, -0.25) is 0 Å². The van der Waals surface area contributed by atoms with Gasteiger partial charge in [-0.05, 0) is 73.3 Å². The van der Waals surface area contributed by atoms with Crippen molar-refractivity contribution in [2.75, 3.05) is 19.8 Å². The van der Waals surface area contributed by atoms with Gasteiger partial charge in [-0.25, -0.2) is 4.79 Å². The van der Waals surface area contributed by atoms with E-state index in [2.05, 4.69) is 107 Å². The summed E-state index contributed by atoms with van der Waals surface area (Å²) in [5.74, 6) is 0.974. The lowest BCUT2D eigenvalue weighted by Gasteiger charge is -2.13. The molecule has 0 saturated carbocycles. The first-order chi connectivity index (χ1) is 23.3. The van der Waals surface area contributed by atoms with Gasteiger partial charge in [-0.2, -0.15) is 0 Å². The number of esters is 1. The summed E-state index contributed by atoms with van der Waals surface area (Å²) in [5, 5.41) is 18.3. The van der Waals surface area contributed by atoms with Crippen molar-refractivity contribution in [2.45, 2.75) is 105 Å². The highest BCUT2D eigenvalue weighted by Gasteiger charge is 2.13. The Bertz CT molecular complexity index is 1250. The van der Waals surface area contributed by atoms with Gasteiger partial charge >= 0.3 is 5.97 Å². The number of carbonyl (C=O) groups is 1. The molecule has 3 rings (SSSR count). The smallest absolute Gasteiger partial charge is 0.333 e. The van der Waals surface area contributed by atoms with Gasteiger partial charge in [0.05, 0.1) is 19.8 Å². The Morgan fingerprint density at radius 3 is 1.12 bits per heavy atom. The molecule has 0 spiro atoms. The Balaban J connectivity index is 0.000000362. The van der Waals surface area contributed by atoms with Crippen molar-refractivity contribution in [3.63, 3.8) is 0 Å². The second-order valence-electron chi connectivity index (χ2n) is 11.7. The summed E-state index contributed by atoms with van der Waals surface area (Å²) in [7, 11) is 0.